The molecule has 1 rings (SSSR count). The quantitative estimate of drug-likeness (QED) is 0.810. The molecule has 0 aliphatic carbocycles. The highest BCUT2D eigenvalue weighted by Crippen LogP contribution is 2.19. The van der Waals surface area contributed by atoms with Crippen LogP contribution in [0, 0.1) is 12.8 Å². The van der Waals surface area contributed by atoms with Crippen LogP contribution in [0.15, 0.2) is 10.5 Å². The van der Waals surface area contributed by atoms with Gasteiger partial charge in [-0.2, -0.15) is 0 Å². The molecule has 0 saturated heterocycles. The lowest BCUT2D eigenvalue weighted by Gasteiger charge is -2.27. The van der Waals surface area contributed by atoms with Crippen molar-refractivity contribution in [2.24, 2.45) is 5.92 Å². The van der Waals surface area contributed by atoms with E-state index >= 15 is 0 Å². The number of rotatable bonds is 7. The molecule has 1 N–H and O–H groups in total. The van der Waals surface area contributed by atoms with Gasteiger partial charge in [0.05, 0.1) is 6.54 Å². The fraction of sp³-hybridized carbons (Fsp3) is 0.778. The fourth-order valence-electron chi connectivity index (χ4n) is 2.33. The monoisotopic (exact) mass is 294 g/mol. The van der Waals surface area contributed by atoms with E-state index in [1.54, 1.807) is 0 Å². The number of nitrogens with zero attached hydrogens (tertiary/aromatic N) is 1. The van der Waals surface area contributed by atoms with E-state index in [4.69, 9.17) is 4.42 Å². The van der Waals surface area contributed by atoms with Crippen LogP contribution >= 0.6 is 0 Å². The van der Waals surface area contributed by atoms with Crippen LogP contribution in [-0.4, -0.2) is 23.0 Å². The molecule has 1 aromatic heterocycles. The van der Waals surface area contributed by atoms with Crippen molar-refractivity contribution >= 4 is 0 Å². The molecule has 0 aliphatic rings. The van der Waals surface area contributed by atoms with Gasteiger partial charge >= 0.3 is 0 Å². The Balaban J connectivity index is 2.71. The van der Waals surface area contributed by atoms with Crippen LogP contribution in [0.2, 0.25) is 0 Å². The zero-order chi connectivity index (χ0) is 16.2. The Morgan fingerprint density at radius 2 is 1.81 bits per heavy atom. The minimum absolute atomic E-state index is 0.130. The highest BCUT2D eigenvalue weighted by Gasteiger charge is 2.16. The minimum Gasteiger partial charge on any atom is -0.465 e. The van der Waals surface area contributed by atoms with Crippen molar-refractivity contribution in [2.75, 3.05) is 6.54 Å². The molecule has 122 valence electrons. The Bertz CT molecular complexity index is 427. The third-order valence-electron chi connectivity index (χ3n) is 3.57. The molecule has 0 aromatic carbocycles. The van der Waals surface area contributed by atoms with Crippen molar-refractivity contribution in [1.82, 2.24) is 10.2 Å². The van der Waals surface area contributed by atoms with Crippen molar-refractivity contribution in [1.29, 1.82) is 0 Å². The van der Waals surface area contributed by atoms with Crippen molar-refractivity contribution in [3.05, 3.63) is 23.2 Å². The summed E-state index contributed by atoms with van der Waals surface area (Å²) in [4.78, 5) is 2.48. The lowest BCUT2D eigenvalue weighted by atomic mass is 10.1. The van der Waals surface area contributed by atoms with Crippen LogP contribution in [0.4, 0.5) is 0 Å². The van der Waals surface area contributed by atoms with E-state index in [9.17, 15) is 0 Å². The second-order valence-corrected chi connectivity index (χ2v) is 7.81. The van der Waals surface area contributed by atoms with Crippen LogP contribution in [0.1, 0.15) is 65.6 Å². The van der Waals surface area contributed by atoms with Gasteiger partial charge in [0.2, 0.25) is 0 Å². The lowest BCUT2D eigenvalue weighted by Crippen LogP contribution is -2.35. The lowest BCUT2D eigenvalue weighted by molar-refractivity contribution is 0.174. The smallest absolute Gasteiger partial charge is 0.118 e. The normalized spacial score (nSPS) is 12.9. The summed E-state index contributed by atoms with van der Waals surface area (Å²) < 4.78 is 5.96. The van der Waals surface area contributed by atoms with E-state index in [1.807, 2.05) is 0 Å². The number of hydrogen-bond donors (Lipinski definition) is 1. The molecule has 0 aliphatic heterocycles. The Kier molecular flexibility index (Phi) is 6.48. The number of aryl methyl sites for hydroxylation is 1. The second kappa shape index (κ2) is 7.46. The van der Waals surface area contributed by atoms with E-state index in [1.165, 1.54) is 5.56 Å². The molecular weight excluding hydrogens is 260 g/mol. The van der Waals surface area contributed by atoms with Gasteiger partial charge < -0.3 is 9.73 Å². The SMILES string of the molecule is Cc1oc(CN(CC(C)C)C(C)C)cc1CNC(C)(C)C. The van der Waals surface area contributed by atoms with E-state index in [0.29, 0.717) is 12.0 Å². The molecule has 0 saturated carbocycles. The van der Waals surface area contributed by atoms with Crippen molar-refractivity contribution in [3.8, 4) is 0 Å². The summed E-state index contributed by atoms with van der Waals surface area (Å²) in [7, 11) is 0. The summed E-state index contributed by atoms with van der Waals surface area (Å²) in [5.41, 5.74) is 1.40. The zero-order valence-electron chi connectivity index (χ0n) is 15.2. The van der Waals surface area contributed by atoms with Gasteiger partial charge in [-0.25, -0.2) is 0 Å². The van der Waals surface area contributed by atoms with Gasteiger partial charge in [0, 0.05) is 30.2 Å². The molecule has 0 radical (unpaired) electrons. The average molecular weight is 294 g/mol. The summed E-state index contributed by atoms with van der Waals surface area (Å²) in [5.74, 6) is 2.79. The maximum absolute atomic E-state index is 5.96. The average Bonchev–Trinajstić information content (AvgIpc) is 2.64. The maximum Gasteiger partial charge on any atom is 0.118 e. The van der Waals surface area contributed by atoms with E-state index in [0.717, 1.165) is 31.2 Å². The van der Waals surface area contributed by atoms with Gasteiger partial charge in [-0.1, -0.05) is 13.8 Å². The largest absolute Gasteiger partial charge is 0.465 e. The number of nitrogens with one attached hydrogen (secondary N) is 1. The summed E-state index contributed by atoms with van der Waals surface area (Å²) in [6.07, 6.45) is 0. The first-order valence-corrected chi connectivity index (χ1v) is 8.15. The van der Waals surface area contributed by atoms with Gasteiger partial charge in [-0.05, 0) is 53.5 Å². The molecule has 0 amide bonds. The molecule has 1 heterocycles. The topological polar surface area (TPSA) is 28.4 Å². The first-order valence-electron chi connectivity index (χ1n) is 8.15. The molecule has 1 aromatic rings. The summed E-state index contributed by atoms with van der Waals surface area (Å²) in [6.45, 7) is 20.5. The van der Waals surface area contributed by atoms with Gasteiger partial charge in [0.25, 0.3) is 0 Å². The number of furan rings is 1. The Morgan fingerprint density at radius 1 is 1.19 bits per heavy atom. The summed E-state index contributed by atoms with van der Waals surface area (Å²) in [5, 5.41) is 3.53. The third kappa shape index (κ3) is 6.66. The van der Waals surface area contributed by atoms with Crippen molar-refractivity contribution < 1.29 is 4.42 Å². The van der Waals surface area contributed by atoms with Crippen molar-refractivity contribution in [3.63, 3.8) is 0 Å². The van der Waals surface area contributed by atoms with E-state index in [-0.39, 0.29) is 5.54 Å². The number of hydrogen-bond acceptors (Lipinski definition) is 3. The molecule has 3 heteroatoms. The van der Waals surface area contributed by atoms with Gasteiger partial charge in [-0.15, -0.1) is 0 Å². The van der Waals surface area contributed by atoms with Crippen molar-refractivity contribution in [2.45, 2.75) is 80.1 Å². The molecule has 0 bridgehead atoms. The van der Waals surface area contributed by atoms with E-state index in [2.05, 4.69) is 71.7 Å². The highest BCUT2D eigenvalue weighted by molar-refractivity contribution is 5.21. The molecule has 3 nitrogen and oxygen atoms in total. The molecular formula is C18H34N2O. The first-order chi connectivity index (χ1) is 9.58. The summed E-state index contributed by atoms with van der Waals surface area (Å²) in [6, 6.07) is 2.75. The predicted octanol–water partition coefficient (Wildman–Crippen LogP) is 4.34. The Labute approximate surface area is 131 Å². The standard InChI is InChI=1S/C18H34N2O/c1-13(2)11-20(14(3)4)12-17-9-16(15(5)21-17)10-19-18(6,7)8/h9,13-14,19H,10-12H2,1-8H3. The van der Waals surface area contributed by atoms with Crippen LogP contribution in [-0.2, 0) is 13.1 Å². The van der Waals surface area contributed by atoms with Crippen LogP contribution < -0.4 is 5.32 Å². The Hall–Kier alpha value is -0.800. The Morgan fingerprint density at radius 3 is 2.29 bits per heavy atom. The van der Waals surface area contributed by atoms with Gasteiger partial charge in [-0.3, -0.25) is 4.90 Å². The fourth-order valence-corrected chi connectivity index (χ4v) is 2.33. The predicted molar refractivity (Wildman–Crippen MR) is 90.4 cm³/mol. The minimum atomic E-state index is 0.130. The third-order valence-corrected chi connectivity index (χ3v) is 3.57. The maximum atomic E-state index is 5.96. The first kappa shape index (κ1) is 18.2. The summed E-state index contributed by atoms with van der Waals surface area (Å²) >= 11 is 0. The molecule has 0 fully saturated rings. The second-order valence-electron chi connectivity index (χ2n) is 7.81. The van der Waals surface area contributed by atoms with Gasteiger partial charge in [0.15, 0.2) is 0 Å². The molecule has 0 spiro atoms. The zero-order valence-corrected chi connectivity index (χ0v) is 15.2. The highest BCUT2D eigenvalue weighted by atomic mass is 16.3. The van der Waals surface area contributed by atoms with Crippen LogP contribution in [0.5, 0.6) is 0 Å². The van der Waals surface area contributed by atoms with Gasteiger partial charge in [0.1, 0.15) is 11.5 Å². The molecule has 0 unspecified atom stereocenters. The van der Waals surface area contributed by atoms with E-state index < -0.39 is 0 Å². The molecule has 0 atom stereocenters. The van der Waals surface area contributed by atoms with Crippen LogP contribution in [0.3, 0.4) is 0 Å². The van der Waals surface area contributed by atoms with Crippen LogP contribution in [0.25, 0.3) is 0 Å². The molecule has 21 heavy (non-hydrogen) atoms.